The summed E-state index contributed by atoms with van der Waals surface area (Å²) < 4.78 is 0. The molecule has 14 atom stereocenters. The number of phenolic OH excluding ortho intramolecular Hbond substituents is 2. The van der Waals surface area contributed by atoms with E-state index in [0.717, 1.165) is 0 Å². The minimum absolute atomic E-state index is 0.0106. The van der Waals surface area contributed by atoms with Gasteiger partial charge in [0.05, 0.1) is 6.42 Å². The second-order valence-electron chi connectivity index (χ2n) is 31.3. The Balaban J connectivity index is 1.42. The summed E-state index contributed by atoms with van der Waals surface area (Å²) in [6.45, 7) is 10.7. The Morgan fingerprint density at radius 1 is 0.517 bits per heavy atom. The Morgan fingerprint density at radius 2 is 0.958 bits per heavy atom. The molecule has 0 radical (unpaired) electrons. The number of aliphatic imine (C=N–C) groups is 2. The lowest BCUT2D eigenvalue weighted by Crippen LogP contribution is -2.61. The number of carbonyl (C=O) groups excluding carboxylic acids is 14. The van der Waals surface area contributed by atoms with Crippen LogP contribution in [0.15, 0.2) is 58.5 Å². The van der Waals surface area contributed by atoms with E-state index in [2.05, 4.69) is 73.8 Å². The first kappa shape index (κ1) is 98.6. The number of carboxylic acids is 2. The molecule has 2 aromatic carbocycles. The summed E-state index contributed by atoms with van der Waals surface area (Å²) in [6.07, 6.45) is -1.24. The van der Waals surface area contributed by atoms with Crippen molar-refractivity contribution in [2.24, 2.45) is 56.4 Å². The van der Waals surface area contributed by atoms with E-state index in [1.165, 1.54) is 65.4 Å². The normalized spacial score (nSPS) is 17.9. The number of phenols is 2. The molecule has 2 aromatic rings. The van der Waals surface area contributed by atoms with Gasteiger partial charge in [-0.15, -0.1) is 0 Å². The van der Waals surface area contributed by atoms with Gasteiger partial charge in [0, 0.05) is 58.9 Å². The molecule has 0 aromatic heterocycles. The average Bonchev–Trinajstić information content (AvgIpc) is 1.63. The van der Waals surface area contributed by atoms with E-state index < -0.39 is 192 Å². The molecule has 0 saturated carbocycles. The van der Waals surface area contributed by atoms with Crippen LogP contribution in [0.5, 0.6) is 11.5 Å². The van der Waals surface area contributed by atoms with Crippen LogP contribution >= 0.6 is 0 Å². The predicted octanol–water partition coefficient (Wildman–Crippen LogP) is -3.55. The molecule has 14 amide bonds. The molecule has 5 rings (SSSR count). The lowest BCUT2D eigenvalue weighted by molar-refractivity contribution is -0.144. The summed E-state index contributed by atoms with van der Waals surface area (Å²) in [5.41, 5.74) is 29.6. The minimum Gasteiger partial charge on any atom is -0.508 e. The molecule has 120 heavy (non-hydrogen) atoms. The van der Waals surface area contributed by atoms with E-state index in [4.69, 9.17) is 28.7 Å². The molecule has 3 aliphatic rings. The topological polar surface area (TPSA) is 660 Å². The average molecular weight is 1690 g/mol. The van der Waals surface area contributed by atoms with Crippen LogP contribution in [0.3, 0.4) is 0 Å². The number of unbranched alkanes of at least 4 members (excludes halogenated alkanes) is 1. The Bertz CT molecular complexity index is 3940. The number of aliphatic carboxylic acids is 2. The molecule has 0 spiro atoms. The predicted molar refractivity (Wildman–Crippen MR) is 438 cm³/mol. The summed E-state index contributed by atoms with van der Waals surface area (Å²) in [6, 6.07) is -7.28. The monoisotopic (exact) mass is 1690 g/mol. The van der Waals surface area contributed by atoms with Gasteiger partial charge in [-0.1, -0.05) is 72.2 Å². The van der Waals surface area contributed by atoms with Gasteiger partial charge in [-0.2, -0.15) is 0 Å². The third kappa shape index (κ3) is 32.8. The van der Waals surface area contributed by atoms with Gasteiger partial charge in [-0.05, 0) is 156 Å². The van der Waals surface area contributed by atoms with Crippen LogP contribution in [0.4, 0.5) is 0 Å². The van der Waals surface area contributed by atoms with Gasteiger partial charge in [-0.3, -0.25) is 81.9 Å². The van der Waals surface area contributed by atoms with Gasteiger partial charge >= 0.3 is 11.9 Å². The number of nitrogens with two attached hydrogens (primary N) is 5. The van der Waals surface area contributed by atoms with Gasteiger partial charge in [0.2, 0.25) is 82.7 Å². The minimum atomic E-state index is -1.93. The molecular weight excluding hydrogens is 1560 g/mol. The number of carboxylic acid groups (broad SMARTS) is 2. The second-order valence-corrected chi connectivity index (χ2v) is 31.3. The highest BCUT2D eigenvalue weighted by molar-refractivity contribution is 6.01. The molecule has 0 unspecified atom stereocenters. The number of nitrogens with zero attached hydrogens (tertiary/aromatic N) is 4. The summed E-state index contributed by atoms with van der Waals surface area (Å²) in [5.74, 6) is -16.3. The Hall–Kier alpha value is -11.9. The molecule has 3 fully saturated rings. The number of rotatable bonds is 50. The molecular formula is C79H123N21O20. The van der Waals surface area contributed by atoms with E-state index in [0.29, 0.717) is 24.0 Å². The number of benzene rings is 2. The molecule has 26 N–H and O–H groups in total. The zero-order chi connectivity index (χ0) is 89.0. The number of aromatic hydroxyl groups is 2. The Morgan fingerprint density at radius 3 is 1.44 bits per heavy atom. The molecule has 41 nitrogen and oxygen atoms in total. The summed E-state index contributed by atoms with van der Waals surface area (Å²) in [7, 11) is 1.44. The number of hydrogen-bond donors (Lipinski definition) is 21. The van der Waals surface area contributed by atoms with Gasteiger partial charge in [-0.25, -0.2) is 4.79 Å². The molecule has 0 bridgehead atoms. The highest BCUT2D eigenvalue weighted by Gasteiger charge is 2.44. The number of amides is 14. The van der Waals surface area contributed by atoms with Gasteiger partial charge < -0.3 is 123 Å². The summed E-state index contributed by atoms with van der Waals surface area (Å²) >= 11 is 0. The maximum absolute atomic E-state index is 15.2. The van der Waals surface area contributed by atoms with E-state index >= 15 is 14.4 Å². The lowest BCUT2D eigenvalue weighted by atomic mass is 9.96. The first-order chi connectivity index (χ1) is 56.8. The summed E-state index contributed by atoms with van der Waals surface area (Å²) in [4.78, 5) is 234. The fraction of sp³-hybridized carbons (Fsp3) is 0.620. The van der Waals surface area contributed by atoms with Crippen LogP contribution in [0.2, 0.25) is 0 Å². The van der Waals surface area contributed by atoms with Crippen molar-refractivity contribution in [1.82, 2.24) is 73.6 Å². The third-order valence-electron chi connectivity index (χ3n) is 20.8. The zero-order valence-corrected chi connectivity index (χ0v) is 69.2. The quantitative estimate of drug-likeness (QED) is 0.0173. The van der Waals surface area contributed by atoms with E-state index in [1.807, 2.05) is 0 Å². The number of guanidine groups is 2. The number of primary amides is 1. The maximum atomic E-state index is 15.2. The molecule has 664 valence electrons. The molecule has 3 saturated heterocycles. The molecule has 3 aliphatic heterocycles. The highest BCUT2D eigenvalue weighted by Crippen LogP contribution is 2.25. The van der Waals surface area contributed by atoms with Crippen LogP contribution < -0.4 is 92.5 Å². The largest absolute Gasteiger partial charge is 0.508 e. The standard InChI is InChI=1S/C79H123N21O20/c1-8-44(6)64(74(116)97-58(77(119)120)38-43(4)5)98-71(113)56(40-46-22-26-48(102)27-23-46)96-73(115)60-19-14-36-100(60)76(118)53(17-12-34-87-79(84)85-7)91-65(107)49(16-11-33-86-78(82)83)90-72(114)59-18-13-35-99(59)75(117)52(15-9-10-32-80)92-70(112)57(41-61(81)103)95-67(109)51(29-31-63(105)106)89-69(111)55(39-45-20-24-47(101)25-21-45)94-68(110)54(37-42(2)3)93-66(108)50-28-30-62(104)88-50/h20-27,42-44,49-60,64,101-102H,8-19,28-41,80H2,1-7H3,(H2,81,103)(H,88,104)(H,89,111)(H,90,114)(H,91,107)(H,92,112)(H,93,108)(H,94,110)(H,95,109)(H,96,115)(H,97,116)(H,98,113)(H,105,106)(H,119,120)(H4,82,83,86)(H3,84,85,87)/t44-,49-,50-,51-,52-,53-,54-,55-,56-,57-,58-,59-,60-,64-/m0/s1. The first-order valence-corrected chi connectivity index (χ1v) is 40.8. The number of nitrogens with one attached hydrogen (secondary N) is 12. The van der Waals surface area contributed by atoms with E-state index in [-0.39, 0.29) is 177 Å². The smallest absolute Gasteiger partial charge is 0.326 e. The fourth-order valence-corrected chi connectivity index (χ4v) is 14.1. The van der Waals surface area contributed by atoms with Gasteiger partial charge in [0.25, 0.3) is 0 Å². The van der Waals surface area contributed by atoms with Crippen LogP contribution in [0.25, 0.3) is 0 Å². The lowest BCUT2D eigenvalue weighted by Gasteiger charge is -2.32. The summed E-state index contributed by atoms with van der Waals surface area (Å²) in [5, 5.41) is 71.7. The van der Waals surface area contributed by atoms with Crippen molar-refractivity contribution in [1.29, 1.82) is 0 Å². The molecule has 41 heteroatoms. The molecule has 0 aliphatic carbocycles. The first-order valence-electron chi connectivity index (χ1n) is 40.8. The second kappa shape index (κ2) is 49.4. The Kier molecular flexibility index (Phi) is 40.6. The number of hydrogen-bond acceptors (Lipinski definition) is 21. The molecule has 3 heterocycles. The van der Waals surface area contributed by atoms with Crippen LogP contribution in [0, 0.1) is 17.8 Å². The van der Waals surface area contributed by atoms with E-state index in [9.17, 15) is 82.8 Å². The highest BCUT2D eigenvalue weighted by atomic mass is 16.4. The van der Waals surface area contributed by atoms with E-state index in [1.54, 1.807) is 41.5 Å². The van der Waals surface area contributed by atoms with Gasteiger partial charge in [0.15, 0.2) is 11.9 Å². The number of likely N-dealkylation sites (tertiary alicyclic amines) is 2. The fourth-order valence-electron chi connectivity index (χ4n) is 14.1. The van der Waals surface area contributed by atoms with Crippen molar-refractivity contribution in [3.8, 4) is 11.5 Å². The van der Waals surface area contributed by atoms with Gasteiger partial charge in [0.1, 0.15) is 90.0 Å². The van der Waals surface area contributed by atoms with Crippen molar-refractivity contribution in [2.75, 3.05) is 39.8 Å². The third-order valence-corrected chi connectivity index (χ3v) is 20.8. The Labute approximate surface area is 696 Å². The maximum Gasteiger partial charge on any atom is 0.326 e. The van der Waals surface area contributed by atoms with Crippen LogP contribution in [-0.2, 0) is 89.6 Å². The van der Waals surface area contributed by atoms with Crippen LogP contribution in [-0.4, -0.2) is 255 Å². The van der Waals surface area contributed by atoms with Crippen molar-refractivity contribution < 1.29 is 97.1 Å². The SMILES string of the molecule is CC[C@H](C)[C@H](NC(=O)[C@H](Cc1ccc(O)cc1)NC(=O)[C@@H]1CCCN1C(=O)[C@H](CCCNC(N)=NC)NC(=O)[C@H](CCCN=C(N)N)NC(=O)[C@@H]1CCCN1C(=O)[C@H](CCCCN)NC(=O)[C@H](CC(N)=O)NC(=O)[C@H](CCC(=O)O)NC(=O)[C@H](Cc1ccc(O)cc1)NC(=O)[C@H](CC(C)C)NC(=O)[C@@H]1CCC(=O)N1)C(=O)N[C@@H](CC(C)C)C(=O)O. The van der Waals surface area contributed by atoms with Crippen molar-refractivity contribution in [3.63, 3.8) is 0 Å². The van der Waals surface area contributed by atoms with Crippen molar-refractivity contribution in [2.45, 2.75) is 255 Å². The number of carbonyl (C=O) groups is 16. The van der Waals surface area contributed by atoms with Crippen LogP contribution in [0.1, 0.15) is 175 Å². The zero-order valence-electron chi connectivity index (χ0n) is 69.2. The van der Waals surface area contributed by atoms with Crippen molar-refractivity contribution >= 4 is 107 Å². The van der Waals surface area contributed by atoms with Crippen molar-refractivity contribution in [3.05, 3.63) is 59.7 Å².